The Balaban J connectivity index is 1.98. The summed E-state index contributed by atoms with van der Waals surface area (Å²) >= 11 is 0. The number of ether oxygens (including phenoxy) is 3. The minimum absolute atomic E-state index is 0.447. The van der Waals surface area contributed by atoms with Crippen LogP contribution in [-0.2, 0) is 28.3 Å². The van der Waals surface area contributed by atoms with Crippen molar-refractivity contribution in [2.45, 2.75) is 96.1 Å². The molecular formula is C23H36F4N7O9P. The Hall–Kier alpha value is -3.00. The van der Waals surface area contributed by atoms with Gasteiger partial charge < -0.3 is 0 Å². The van der Waals surface area contributed by atoms with E-state index in [1.807, 2.05) is 0 Å². The number of fused-ring (bicyclic) bond motifs is 1. The van der Waals surface area contributed by atoms with Gasteiger partial charge in [0.2, 0.25) is 0 Å². The number of aliphatic hydroxyl groups is 1. The van der Waals surface area contributed by atoms with Crippen LogP contribution in [0.5, 0.6) is 0 Å². The zero-order chi connectivity index (χ0) is 33.4. The second-order valence-electron chi connectivity index (χ2n) is 10.7. The zero-order valence-corrected chi connectivity index (χ0v) is 25.5. The van der Waals surface area contributed by atoms with E-state index in [2.05, 4.69) is 25.1 Å². The number of halogens is 4. The molecular weight excluding hydrogens is 625 g/mol. The summed E-state index contributed by atoms with van der Waals surface area (Å²) in [5.41, 5.74) is 0.0339. The molecule has 44 heavy (non-hydrogen) atoms. The second kappa shape index (κ2) is 13.2. The minimum atomic E-state index is -4.95. The number of carbonyl (C=O) groups is 2. The van der Waals surface area contributed by atoms with Gasteiger partial charge in [0.1, 0.15) is 0 Å². The molecule has 0 amide bonds. The molecule has 0 saturated carbocycles. The molecule has 2 aromatic rings. The van der Waals surface area contributed by atoms with E-state index in [1.54, 1.807) is 0 Å². The number of anilines is 1. The van der Waals surface area contributed by atoms with E-state index in [-0.39, 0.29) is 0 Å². The third-order valence-electron chi connectivity index (χ3n) is 6.30. The summed E-state index contributed by atoms with van der Waals surface area (Å²) in [7, 11) is -4.95. The van der Waals surface area contributed by atoms with Gasteiger partial charge in [-0.1, -0.05) is 0 Å². The standard InChI is InChI=1S/C23H36F4N7O9P/c1-9(2)41-16(36)11(5)32-44(39,33-12(6)17(37)42-10(3)4)40-7-22(19(24)25)18(38)23(26,27)20(43-22)34-8-29-13-14(34)30-21(28)31-15(13)35/h8-12,18-20,32-33,38-39,44H,7H2,1-6H3,(H3,28,30,31,35)/t11-,12-,18+,20+,22+/m0/s1. The van der Waals surface area contributed by atoms with Gasteiger partial charge in [0, 0.05) is 0 Å². The quantitative estimate of drug-likeness (QED) is 0.0978. The number of aromatic amines is 1. The van der Waals surface area contributed by atoms with Gasteiger partial charge in [0.25, 0.3) is 0 Å². The number of H-pyrrole nitrogens is 1. The van der Waals surface area contributed by atoms with Gasteiger partial charge in [-0.2, -0.15) is 0 Å². The van der Waals surface area contributed by atoms with Gasteiger partial charge in [0.15, 0.2) is 0 Å². The predicted molar refractivity (Wildman–Crippen MR) is 147 cm³/mol. The van der Waals surface area contributed by atoms with E-state index in [1.165, 1.54) is 41.5 Å². The molecule has 1 saturated heterocycles. The predicted octanol–water partition coefficient (Wildman–Crippen LogP) is 0.509. The molecule has 0 unspecified atom stereocenters. The van der Waals surface area contributed by atoms with Gasteiger partial charge in [0.05, 0.1) is 0 Å². The summed E-state index contributed by atoms with van der Waals surface area (Å²) in [6.45, 7) is 7.01. The summed E-state index contributed by atoms with van der Waals surface area (Å²) in [6, 6.07) is -2.74. The first kappa shape index (κ1) is 35.5. The summed E-state index contributed by atoms with van der Waals surface area (Å²) in [4.78, 5) is 57.8. The Bertz CT molecular complexity index is 1380. The molecule has 1 aliphatic rings. The van der Waals surface area contributed by atoms with Crippen LogP contribution in [-0.4, -0.2) is 96.4 Å². The molecule has 3 rings (SSSR count). The number of alkyl halides is 4. The Morgan fingerprint density at radius 2 is 1.66 bits per heavy atom. The number of hydrogen-bond donors (Lipinski definition) is 6. The fourth-order valence-electron chi connectivity index (χ4n) is 4.23. The fourth-order valence-corrected chi connectivity index (χ4v) is 6.33. The number of carbonyl (C=O) groups excluding carboxylic acids is 2. The molecule has 0 radical (unpaired) electrons. The van der Waals surface area contributed by atoms with Gasteiger partial charge >= 0.3 is 248 Å². The molecule has 1 fully saturated rings. The van der Waals surface area contributed by atoms with Crippen molar-refractivity contribution in [2.24, 2.45) is 0 Å². The first-order chi connectivity index (χ1) is 20.2. The van der Waals surface area contributed by atoms with Crippen molar-refractivity contribution in [3.05, 3.63) is 16.7 Å². The van der Waals surface area contributed by atoms with E-state index in [9.17, 15) is 33.2 Å². The SMILES string of the molecule is CC(C)OC(=O)[C@H](C)N[PH](O)(N[C@@H](C)C(=O)OC(C)C)OC[C@@]1(C(F)F)O[C@@H](n2cnc3c(=O)[nH]c(N)nc32)C(F)(F)[C@@H]1O. The molecule has 0 bridgehead atoms. The number of rotatable bonds is 13. The summed E-state index contributed by atoms with van der Waals surface area (Å²) in [5, 5.41) is 15.3. The van der Waals surface area contributed by atoms with Crippen LogP contribution < -0.4 is 21.5 Å². The molecule has 7 N–H and O–H groups in total. The van der Waals surface area contributed by atoms with Gasteiger partial charge in [-0.25, -0.2) is 0 Å². The molecule has 0 spiro atoms. The third kappa shape index (κ3) is 7.27. The van der Waals surface area contributed by atoms with Crippen LogP contribution in [0.15, 0.2) is 11.1 Å². The van der Waals surface area contributed by atoms with Gasteiger partial charge in [-0.05, 0) is 0 Å². The average Bonchev–Trinajstić information content (AvgIpc) is 3.39. The second-order valence-corrected chi connectivity index (χ2v) is 12.9. The fraction of sp³-hybridized carbons (Fsp3) is 0.696. The van der Waals surface area contributed by atoms with Crippen molar-refractivity contribution in [3.8, 4) is 0 Å². The number of hydrogen-bond acceptors (Lipinski definition) is 14. The molecule has 21 heteroatoms. The number of nitrogens with two attached hydrogens (primary N) is 1. The van der Waals surface area contributed by atoms with Crippen molar-refractivity contribution < 1.29 is 55.9 Å². The summed E-state index contributed by atoms with van der Waals surface area (Å²) < 4.78 is 81.2. The van der Waals surface area contributed by atoms with Crippen molar-refractivity contribution in [2.75, 3.05) is 12.3 Å². The molecule has 250 valence electrons. The maximum atomic E-state index is 15.5. The van der Waals surface area contributed by atoms with Crippen molar-refractivity contribution in [3.63, 3.8) is 0 Å². The molecule has 5 atom stereocenters. The van der Waals surface area contributed by atoms with Crippen LogP contribution in [0, 0.1) is 0 Å². The first-order valence-electron chi connectivity index (χ1n) is 13.3. The van der Waals surface area contributed by atoms with Gasteiger partial charge in [-0.15, -0.1) is 0 Å². The maximum absolute atomic E-state index is 15.5. The van der Waals surface area contributed by atoms with Crippen LogP contribution in [0.3, 0.4) is 0 Å². The zero-order valence-electron chi connectivity index (χ0n) is 24.5. The number of imidazole rings is 1. The molecule has 2 aromatic heterocycles. The van der Waals surface area contributed by atoms with Gasteiger partial charge in [-0.3, -0.25) is 0 Å². The molecule has 0 aliphatic carbocycles. The summed E-state index contributed by atoms with van der Waals surface area (Å²) in [5.74, 6) is -6.79. The molecule has 16 nitrogen and oxygen atoms in total. The van der Waals surface area contributed by atoms with Crippen molar-refractivity contribution >= 4 is 37.1 Å². The Morgan fingerprint density at radius 3 is 2.14 bits per heavy atom. The number of nitrogens with zero attached hydrogens (tertiary/aromatic N) is 3. The monoisotopic (exact) mass is 661 g/mol. The topological polar surface area (TPSA) is 225 Å². The van der Waals surface area contributed by atoms with Crippen LogP contribution in [0.25, 0.3) is 11.2 Å². The Kier molecular flexibility index (Phi) is 10.6. The number of aliphatic hydroxyl groups excluding tert-OH is 1. The molecule has 0 aromatic carbocycles. The van der Waals surface area contributed by atoms with E-state index >= 15 is 8.78 Å². The van der Waals surface area contributed by atoms with E-state index in [0.717, 1.165) is 0 Å². The number of aromatic nitrogens is 4. The van der Waals surface area contributed by atoms with Crippen LogP contribution in [0.4, 0.5) is 23.5 Å². The molecule has 3 heterocycles. The molecule has 1 aliphatic heterocycles. The Labute approximate surface area is 248 Å². The Morgan fingerprint density at radius 1 is 1.14 bits per heavy atom. The number of nitrogen functional groups attached to an aromatic ring is 1. The number of esters is 2. The number of nitrogens with one attached hydrogen (secondary N) is 3. The normalized spacial score (nSPS) is 23.8. The van der Waals surface area contributed by atoms with Crippen LogP contribution in [0.2, 0.25) is 0 Å². The van der Waals surface area contributed by atoms with Crippen molar-refractivity contribution in [1.82, 2.24) is 29.7 Å². The van der Waals surface area contributed by atoms with E-state index in [0.29, 0.717) is 10.9 Å². The van der Waals surface area contributed by atoms with Crippen LogP contribution in [0.1, 0.15) is 47.8 Å². The van der Waals surface area contributed by atoms with E-state index < -0.39 is 104 Å². The average molecular weight is 662 g/mol. The van der Waals surface area contributed by atoms with Crippen molar-refractivity contribution in [1.29, 1.82) is 0 Å². The first-order valence-corrected chi connectivity index (χ1v) is 15.2. The van der Waals surface area contributed by atoms with E-state index in [4.69, 9.17) is 24.5 Å². The van der Waals surface area contributed by atoms with Crippen LogP contribution >= 0.6 is 8.02 Å². The summed E-state index contributed by atoms with van der Waals surface area (Å²) in [6.07, 6.45) is -10.3. The third-order valence-corrected chi connectivity index (χ3v) is 8.51.